The van der Waals surface area contributed by atoms with E-state index < -0.39 is 12.0 Å². The van der Waals surface area contributed by atoms with E-state index >= 15 is 0 Å². The van der Waals surface area contributed by atoms with Crippen molar-refractivity contribution in [2.45, 2.75) is 25.3 Å². The fourth-order valence-electron chi connectivity index (χ4n) is 2.18. The molecule has 0 saturated heterocycles. The van der Waals surface area contributed by atoms with Gasteiger partial charge in [-0.05, 0) is 31.1 Å². The Morgan fingerprint density at radius 3 is 2.69 bits per heavy atom. The van der Waals surface area contributed by atoms with E-state index in [2.05, 4.69) is 5.32 Å². The van der Waals surface area contributed by atoms with E-state index in [4.69, 9.17) is 9.84 Å². The molecule has 2 saturated carbocycles. The molecule has 0 spiro atoms. The van der Waals surface area contributed by atoms with Gasteiger partial charge in [-0.3, -0.25) is 4.79 Å². The first-order chi connectivity index (χ1) is 7.63. The Labute approximate surface area is 94.2 Å². The third-order valence-electron chi connectivity index (χ3n) is 3.35. The molecule has 3 unspecified atom stereocenters. The molecule has 2 N–H and O–H groups in total. The summed E-state index contributed by atoms with van der Waals surface area (Å²) in [6.45, 7) is 0.0158. The van der Waals surface area contributed by atoms with Gasteiger partial charge in [0.2, 0.25) is 5.91 Å². The van der Waals surface area contributed by atoms with Crippen LogP contribution in [0.4, 0.5) is 0 Å². The van der Waals surface area contributed by atoms with Crippen LogP contribution in [0, 0.1) is 17.8 Å². The highest BCUT2D eigenvalue weighted by Gasteiger charge is 2.51. The minimum Gasteiger partial charge on any atom is -0.480 e. The van der Waals surface area contributed by atoms with Crippen molar-refractivity contribution in [3.05, 3.63) is 0 Å². The van der Waals surface area contributed by atoms with E-state index in [1.54, 1.807) is 0 Å². The van der Waals surface area contributed by atoms with Gasteiger partial charge in [-0.2, -0.15) is 0 Å². The van der Waals surface area contributed by atoms with Gasteiger partial charge in [-0.15, -0.1) is 0 Å². The molecule has 5 heteroatoms. The number of carboxylic acids is 1. The van der Waals surface area contributed by atoms with Gasteiger partial charge in [0.1, 0.15) is 0 Å². The van der Waals surface area contributed by atoms with Crippen molar-refractivity contribution in [3.8, 4) is 0 Å². The lowest BCUT2D eigenvalue weighted by Gasteiger charge is -2.13. The zero-order valence-electron chi connectivity index (χ0n) is 9.31. The average Bonchev–Trinajstić information content (AvgIpc) is 3.06. The van der Waals surface area contributed by atoms with Gasteiger partial charge in [0, 0.05) is 13.0 Å². The monoisotopic (exact) mass is 227 g/mol. The molecule has 2 aliphatic rings. The summed E-state index contributed by atoms with van der Waals surface area (Å²) in [4.78, 5) is 22.5. The zero-order chi connectivity index (χ0) is 11.7. The van der Waals surface area contributed by atoms with Gasteiger partial charge in [0.25, 0.3) is 0 Å². The van der Waals surface area contributed by atoms with Crippen LogP contribution >= 0.6 is 0 Å². The second kappa shape index (κ2) is 4.41. The molecule has 0 radical (unpaired) electrons. The van der Waals surface area contributed by atoms with E-state index in [9.17, 15) is 9.59 Å². The van der Waals surface area contributed by atoms with E-state index in [-0.39, 0.29) is 18.4 Å². The maximum Gasteiger partial charge on any atom is 0.328 e. The Hall–Kier alpha value is -1.10. The first kappa shape index (κ1) is 11.4. The third-order valence-corrected chi connectivity index (χ3v) is 3.35. The molecular formula is C11H17NO4. The van der Waals surface area contributed by atoms with Crippen LogP contribution in [0.15, 0.2) is 0 Å². The predicted octanol–water partition coefficient (Wildman–Crippen LogP) is 0.248. The maximum atomic E-state index is 11.7. The molecule has 0 aromatic heterocycles. The van der Waals surface area contributed by atoms with Crippen molar-refractivity contribution in [2.24, 2.45) is 17.8 Å². The van der Waals surface area contributed by atoms with Gasteiger partial charge in [0.15, 0.2) is 6.04 Å². The summed E-state index contributed by atoms with van der Waals surface area (Å²) in [7, 11) is 1.42. The number of nitrogens with one attached hydrogen (secondary N) is 1. The SMILES string of the molecule is COCC(NC(=O)C1CC1C1CC1)C(=O)O. The zero-order valence-corrected chi connectivity index (χ0v) is 9.31. The molecule has 2 rings (SSSR count). The number of ether oxygens (including phenoxy) is 1. The lowest BCUT2D eigenvalue weighted by molar-refractivity contribution is -0.143. The van der Waals surface area contributed by atoms with E-state index in [0.29, 0.717) is 5.92 Å². The molecule has 0 heterocycles. The van der Waals surface area contributed by atoms with Crippen molar-refractivity contribution in [2.75, 3.05) is 13.7 Å². The number of carbonyl (C=O) groups is 2. The van der Waals surface area contributed by atoms with Crippen LogP contribution in [0.1, 0.15) is 19.3 Å². The van der Waals surface area contributed by atoms with Crippen LogP contribution in [0.2, 0.25) is 0 Å². The highest BCUT2D eigenvalue weighted by atomic mass is 16.5. The van der Waals surface area contributed by atoms with Crippen molar-refractivity contribution < 1.29 is 19.4 Å². The van der Waals surface area contributed by atoms with Gasteiger partial charge in [-0.25, -0.2) is 4.79 Å². The number of aliphatic carboxylic acids is 1. The fraction of sp³-hybridized carbons (Fsp3) is 0.818. The van der Waals surface area contributed by atoms with E-state index in [0.717, 1.165) is 12.3 Å². The molecule has 16 heavy (non-hydrogen) atoms. The Morgan fingerprint density at radius 2 is 2.19 bits per heavy atom. The topological polar surface area (TPSA) is 75.6 Å². The summed E-state index contributed by atoms with van der Waals surface area (Å²) in [5, 5.41) is 11.4. The second-order valence-corrected chi connectivity index (χ2v) is 4.70. The number of hydrogen-bond acceptors (Lipinski definition) is 3. The minimum atomic E-state index is -1.04. The average molecular weight is 227 g/mol. The molecule has 0 aromatic carbocycles. The Kier molecular flexibility index (Phi) is 3.14. The molecule has 1 amide bonds. The van der Waals surface area contributed by atoms with Crippen molar-refractivity contribution in [1.82, 2.24) is 5.32 Å². The smallest absolute Gasteiger partial charge is 0.328 e. The molecule has 5 nitrogen and oxygen atoms in total. The number of amides is 1. The van der Waals surface area contributed by atoms with E-state index in [1.165, 1.54) is 20.0 Å². The van der Waals surface area contributed by atoms with Crippen molar-refractivity contribution in [1.29, 1.82) is 0 Å². The highest BCUT2D eigenvalue weighted by Crippen LogP contribution is 2.54. The molecule has 3 atom stereocenters. The van der Waals surface area contributed by atoms with E-state index in [1.807, 2.05) is 0 Å². The molecule has 90 valence electrons. The summed E-state index contributed by atoms with van der Waals surface area (Å²) < 4.78 is 4.76. The number of methoxy groups -OCH3 is 1. The number of carboxylic acid groups (broad SMARTS) is 1. The normalized spacial score (nSPS) is 29.6. The Balaban J connectivity index is 1.79. The minimum absolute atomic E-state index is 0.0158. The summed E-state index contributed by atoms with van der Waals surface area (Å²) in [5.74, 6) is 0.116. The lowest BCUT2D eigenvalue weighted by atomic mass is 10.2. The number of carbonyl (C=O) groups excluding carboxylic acids is 1. The lowest BCUT2D eigenvalue weighted by Crippen LogP contribution is -2.44. The molecule has 2 aliphatic carbocycles. The largest absolute Gasteiger partial charge is 0.480 e. The van der Waals surface area contributed by atoms with Gasteiger partial charge in [-0.1, -0.05) is 0 Å². The maximum absolute atomic E-state index is 11.7. The third kappa shape index (κ3) is 2.52. The van der Waals surface area contributed by atoms with Crippen LogP contribution in [-0.4, -0.2) is 36.7 Å². The van der Waals surface area contributed by atoms with Crippen LogP contribution in [-0.2, 0) is 14.3 Å². The Morgan fingerprint density at radius 1 is 1.50 bits per heavy atom. The van der Waals surface area contributed by atoms with Gasteiger partial charge >= 0.3 is 5.97 Å². The molecule has 2 fully saturated rings. The summed E-state index contributed by atoms with van der Waals surface area (Å²) in [6.07, 6.45) is 3.39. The second-order valence-electron chi connectivity index (χ2n) is 4.70. The van der Waals surface area contributed by atoms with Crippen LogP contribution in [0.3, 0.4) is 0 Å². The van der Waals surface area contributed by atoms with Crippen LogP contribution in [0.5, 0.6) is 0 Å². The molecule has 0 aliphatic heterocycles. The summed E-state index contributed by atoms with van der Waals surface area (Å²) in [5.41, 5.74) is 0. The number of rotatable bonds is 6. The fourth-order valence-corrected chi connectivity index (χ4v) is 2.18. The number of hydrogen-bond donors (Lipinski definition) is 2. The van der Waals surface area contributed by atoms with Crippen molar-refractivity contribution >= 4 is 11.9 Å². The van der Waals surface area contributed by atoms with Crippen LogP contribution < -0.4 is 5.32 Å². The quantitative estimate of drug-likeness (QED) is 0.682. The van der Waals surface area contributed by atoms with Gasteiger partial charge < -0.3 is 15.2 Å². The molecule has 0 aromatic rings. The standard InChI is InChI=1S/C11H17NO4/c1-16-5-9(11(14)15)12-10(13)8-4-7(8)6-2-3-6/h6-9H,2-5H2,1H3,(H,12,13)(H,14,15). The summed E-state index contributed by atoms with van der Waals surface area (Å²) >= 11 is 0. The predicted molar refractivity (Wildman–Crippen MR) is 55.8 cm³/mol. The van der Waals surface area contributed by atoms with Gasteiger partial charge in [0.05, 0.1) is 6.61 Å². The first-order valence-electron chi connectivity index (χ1n) is 5.65. The molecule has 0 bridgehead atoms. The summed E-state index contributed by atoms with van der Waals surface area (Å²) in [6, 6.07) is -0.919. The van der Waals surface area contributed by atoms with Crippen LogP contribution in [0.25, 0.3) is 0 Å². The highest BCUT2D eigenvalue weighted by molar-refractivity contribution is 5.86. The molecular weight excluding hydrogens is 210 g/mol. The van der Waals surface area contributed by atoms with Crippen molar-refractivity contribution in [3.63, 3.8) is 0 Å². The Bertz CT molecular complexity index is 300. The first-order valence-corrected chi connectivity index (χ1v) is 5.65.